The van der Waals surface area contributed by atoms with Crippen LogP contribution in [0.2, 0.25) is 0 Å². The number of ether oxygens (including phenoxy) is 4. The predicted molar refractivity (Wildman–Crippen MR) is 166 cm³/mol. The van der Waals surface area contributed by atoms with Gasteiger partial charge in [-0.1, -0.05) is 36.8 Å². The quantitative estimate of drug-likeness (QED) is 0.215. The molecular formula is C32H45N3O8. The maximum absolute atomic E-state index is 13.1. The van der Waals surface area contributed by atoms with Crippen LogP contribution in [0.4, 0.5) is 16.2 Å². The molecule has 0 saturated carbocycles. The number of fused-ring (bicyclic) bond motifs is 2. The Bertz CT molecular complexity index is 1300. The number of allylic oxidation sites excluding steroid dienone is 2. The maximum Gasteiger partial charge on any atom is 0.405 e. The zero-order valence-electron chi connectivity index (χ0n) is 26.0. The van der Waals surface area contributed by atoms with Crippen molar-refractivity contribution in [1.29, 1.82) is 0 Å². The summed E-state index contributed by atoms with van der Waals surface area (Å²) >= 11 is 0. The Morgan fingerprint density at radius 3 is 2.35 bits per heavy atom. The largest absolute Gasteiger partial charge is 0.506 e. The highest BCUT2D eigenvalue weighted by Gasteiger charge is 2.30. The second kappa shape index (κ2) is 15.1. The van der Waals surface area contributed by atoms with Crippen LogP contribution < -0.4 is 16.0 Å². The van der Waals surface area contributed by atoms with Crippen molar-refractivity contribution < 1.29 is 38.7 Å². The summed E-state index contributed by atoms with van der Waals surface area (Å²) in [5, 5.41) is 25.1. The molecule has 3 rings (SSSR count). The number of primary amides is 1. The third kappa shape index (κ3) is 8.19. The van der Waals surface area contributed by atoms with Crippen LogP contribution in [0.25, 0.3) is 6.08 Å². The lowest BCUT2D eigenvalue weighted by atomic mass is 9.91. The van der Waals surface area contributed by atoms with Crippen LogP contribution in [0.5, 0.6) is 11.5 Å². The molecule has 5 N–H and O–H groups in total. The molecule has 0 aliphatic carbocycles. The van der Waals surface area contributed by atoms with Gasteiger partial charge in [0.1, 0.15) is 17.6 Å². The van der Waals surface area contributed by atoms with Crippen molar-refractivity contribution in [3.63, 3.8) is 0 Å². The molecule has 2 aliphatic heterocycles. The van der Waals surface area contributed by atoms with Crippen LogP contribution in [-0.4, -0.2) is 81.0 Å². The number of phenolic OH excluding ortho intramolecular Hbond substituents is 2. The van der Waals surface area contributed by atoms with Gasteiger partial charge in [0, 0.05) is 57.5 Å². The number of aromatic hydroxyl groups is 2. The molecule has 1 saturated heterocycles. The van der Waals surface area contributed by atoms with Gasteiger partial charge in [0.25, 0.3) is 5.91 Å². The second-order valence-electron chi connectivity index (χ2n) is 11.1. The zero-order chi connectivity index (χ0) is 31.8. The number of hydrogen-bond donors (Lipinski definition) is 4. The van der Waals surface area contributed by atoms with E-state index in [2.05, 4.69) is 5.32 Å². The summed E-state index contributed by atoms with van der Waals surface area (Å²) in [7, 11) is 4.69. The first-order valence-electron chi connectivity index (χ1n) is 14.3. The minimum absolute atomic E-state index is 0.0463. The van der Waals surface area contributed by atoms with Gasteiger partial charge in [-0.3, -0.25) is 4.79 Å². The zero-order valence-corrected chi connectivity index (χ0v) is 26.0. The molecule has 1 fully saturated rings. The fraction of sp³-hybridized carbons (Fsp3) is 0.500. The first kappa shape index (κ1) is 33.7. The Morgan fingerprint density at radius 2 is 1.79 bits per heavy atom. The predicted octanol–water partition coefficient (Wildman–Crippen LogP) is 4.65. The molecule has 11 nitrogen and oxygen atoms in total. The normalized spacial score (nSPS) is 25.7. The Kier molecular flexibility index (Phi) is 11.8. The van der Waals surface area contributed by atoms with E-state index in [0.717, 1.165) is 25.1 Å². The Hall–Kier alpha value is -3.80. The van der Waals surface area contributed by atoms with E-state index in [0.29, 0.717) is 28.8 Å². The van der Waals surface area contributed by atoms with Crippen LogP contribution in [0.1, 0.15) is 46.1 Å². The molecule has 5 atom stereocenters. The molecule has 1 aromatic rings. The summed E-state index contributed by atoms with van der Waals surface area (Å²) in [6.07, 6.45) is 6.69. The Morgan fingerprint density at radius 1 is 1.09 bits per heavy atom. The Labute approximate surface area is 253 Å². The standard InChI is InChI=1S/C32H45N3O8/c1-18-14-22-27(35-12-9-13-35)24(36)17-23(28(22)37)34-31(38)19(2)10-8-11-25(40-5)30(43-32(33)39)21(4)16-20(3)29(42-7)26(15-18)41-6/h8,10-11,14,16-17,20,25-26,29-30,36-37H,9,12-13,15H2,1-7H3,(H2,33,39)(H,34,38)/t20-,25?,26-,29+,30-/m0/s1. The molecule has 43 heavy (non-hydrogen) atoms. The van der Waals surface area contributed by atoms with Crippen LogP contribution in [0, 0.1) is 5.92 Å². The van der Waals surface area contributed by atoms with Crippen LogP contribution in [0.15, 0.2) is 47.1 Å². The number of nitrogens with zero attached hydrogens (tertiary/aromatic N) is 1. The molecule has 1 unspecified atom stereocenters. The van der Waals surface area contributed by atoms with Gasteiger partial charge >= 0.3 is 6.09 Å². The number of nitrogens with two attached hydrogens (primary N) is 1. The molecule has 2 aliphatic rings. The van der Waals surface area contributed by atoms with Gasteiger partial charge in [0.2, 0.25) is 0 Å². The monoisotopic (exact) mass is 599 g/mol. The van der Waals surface area contributed by atoms with Crippen molar-refractivity contribution in [2.75, 3.05) is 44.6 Å². The van der Waals surface area contributed by atoms with Crippen molar-refractivity contribution in [2.45, 2.75) is 65.0 Å². The van der Waals surface area contributed by atoms with Gasteiger partial charge in [-0.05, 0) is 45.3 Å². The molecule has 2 amide bonds. The van der Waals surface area contributed by atoms with Crippen molar-refractivity contribution >= 4 is 29.5 Å². The number of hydrogen-bond acceptors (Lipinski definition) is 9. The van der Waals surface area contributed by atoms with Gasteiger partial charge in [-0.25, -0.2) is 4.79 Å². The number of carbonyl (C=O) groups is 2. The molecule has 1 aromatic carbocycles. The van der Waals surface area contributed by atoms with Crippen molar-refractivity contribution in [3.05, 3.63) is 52.7 Å². The fourth-order valence-electron chi connectivity index (χ4n) is 5.49. The number of methoxy groups -OCH3 is 3. The molecule has 0 radical (unpaired) electrons. The lowest BCUT2D eigenvalue weighted by Crippen LogP contribution is -2.37. The minimum Gasteiger partial charge on any atom is -0.506 e. The van der Waals surface area contributed by atoms with E-state index in [1.807, 2.05) is 37.8 Å². The minimum atomic E-state index is -0.952. The van der Waals surface area contributed by atoms with Crippen LogP contribution >= 0.6 is 0 Å². The lowest BCUT2D eigenvalue weighted by molar-refractivity contribution is -0.112. The summed E-state index contributed by atoms with van der Waals surface area (Å²) in [4.78, 5) is 26.9. The smallest absolute Gasteiger partial charge is 0.405 e. The first-order valence-corrected chi connectivity index (χ1v) is 14.3. The highest BCUT2D eigenvalue weighted by atomic mass is 16.6. The third-order valence-corrected chi connectivity index (χ3v) is 7.88. The number of benzene rings is 1. The molecule has 2 heterocycles. The van der Waals surface area contributed by atoms with Gasteiger partial charge < -0.3 is 45.1 Å². The lowest BCUT2D eigenvalue weighted by Gasteiger charge is -2.35. The number of amides is 2. The van der Waals surface area contributed by atoms with Crippen molar-refractivity contribution in [2.24, 2.45) is 11.7 Å². The van der Waals surface area contributed by atoms with E-state index >= 15 is 0 Å². The van der Waals surface area contributed by atoms with E-state index in [1.54, 1.807) is 39.4 Å². The molecule has 11 heteroatoms. The van der Waals surface area contributed by atoms with Gasteiger partial charge in [-0.2, -0.15) is 0 Å². The third-order valence-electron chi connectivity index (χ3n) is 7.88. The number of nitrogens with one attached hydrogen (secondary N) is 1. The number of anilines is 2. The molecular weight excluding hydrogens is 554 g/mol. The highest BCUT2D eigenvalue weighted by molar-refractivity contribution is 6.05. The van der Waals surface area contributed by atoms with Gasteiger partial charge in [0.05, 0.1) is 23.6 Å². The summed E-state index contributed by atoms with van der Waals surface area (Å²) in [5.41, 5.74) is 8.28. The van der Waals surface area contributed by atoms with Gasteiger partial charge in [0.15, 0.2) is 6.10 Å². The average Bonchev–Trinajstić information content (AvgIpc) is 2.92. The summed E-state index contributed by atoms with van der Waals surface area (Å²) in [5.74, 6) is -0.864. The maximum atomic E-state index is 13.1. The summed E-state index contributed by atoms with van der Waals surface area (Å²) < 4.78 is 22.9. The topological polar surface area (TPSA) is 153 Å². The molecule has 2 bridgehead atoms. The van der Waals surface area contributed by atoms with E-state index < -0.39 is 36.4 Å². The molecule has 236 valence electrons. The van der Waals surface area contributed by atoms with Crippen LogP contribution in [0.3, 0.4) is 0 Å². The second-order valence-corrected chi connectivity index (χ2v) is 11.1. The summed E-state index contributed by atoms with van der Waals surface area (Å²) in [6.45, 7) is 8.80. The molecule has 0 aromatic heterocycles. The average molecular weight is 600 g/mol. The first-order chi connectivity index (χ1) is 20.4. The van der Waals surface area contributed by atoms with Crippen molar-refractivity contribution in [3.8, 4) is 11.5 Å². The fourth-order valence-corrected chi connectivity index (χ4v) is 5.49. The van der Waals surface area contributed by atoms with Crippen molar-refractivity contribution in [1.82, 2.24) is 0 Å². The van der Waals surface area contributed by atoms with Crippen LogP contribution in [-0.2, 0) is 23.7 Å². The number of carbonyl (C=O) groups excluding carboxylic acids is 2. The van der Waals surface area contributed by atoms with E-state index in [4.69, 9.17) is 24.7 Å². The van der Waals surface area contributed by atoms with E-state index in [-0.39, 0.29) is 23.1 Å². The highest BCUT2D eigenvalue weighted by Crippen LogP contribution is 2.45. The van der Waals surface area contributed by atoms with Gasteiger partial charge in [-0.15, -0.1) is 0 Å². The van der Waals surface area contributed by atoms with E-state index in [9.17, 15) is 19.8 Å². The Balaban J connectivity index is 2.19. The number of rotatable bonds is 5. The molecule has 0 spiro atoms. The number of phenols is 2. The SMILES string of the molecule is COC1C=CC=C(C)C(=O)Nc2cc(O)c(N3CCC3)c(c2O)C=C(C)C[C@H](OC)[C@H](OC)[C@@H](C)C=C(C)[C@@H]1OC(N)=O. The van der Waals surface area contributed by atoms with E-state index in [1.165, 1.54) is 13.2 Å². The summed E-state index contributed by atoms with van der Waals surface area (Å²) in [6, 6.07) is 1.36.